The van der Waals surface area contributed by atoms with Gasteiger partial charge in [-0.05, 0) is 25.5 Å². The number of ether oxygens (including phenoxy) is 1. The van der Waals surface area contributed by atoms with Crippen LogP contribution in [0.4, 0.5) is 5.82 Å². The van der Waals surface area contributed by atoms with Crippen LogP contribution in [0.1, 0.15) is 29.0 Å². The molecule has 1 aliphatic heterocycles. The van der Waals surface area contributed by atoms with Crippen LogP contribution in [0.25, 0.3) is 11.0 Å². The van der Waals surface area contributed by atoms with Gasteiger partial charge in [-0.3, -0.25) is 19.6 Å². The zero-order valence-corrected chi connectivity index (χ0v) is 16.3. The molecule has 0 saturated carbocycles. The standard InChI is InChI=1S/C19H19N5O3S/c1-3-27-15(26)9-24-19-16(11(2)23-24)18(28-10-14(25)22-19)12-5-4-6-13-17(12)21-8-7-20-13/h4-8,18H,3,9-10H2,1-2H3,(H,22,25)/t18-/m0/s1. The zero-order valence-electron chi connectivity index (χ0n) is 15.5. The number of amides is 1. The average molecular weight is 397 g/mol. The van der Waals surface area contributed by atoms with Crippen molar-refractivity contribution in [2.24, 2.45) is 0 Å². The lowest BCUT2D eigenvalue weighted by Gasteiger charge is -2.16. The Kier molecular flexibility index (Phi) is 4.99. The lowest BCUT2D eigenvalue weighted by molar-refractivity contribution is -0.144. The highest BCUT2D eigenvalue weighted by molar-refractivity contribution is 8.00. The highest BCUT2D eigenvalue weighted by Crippen LogP contribution is 2.44. The van der Waals surface area contributed by atoms with Crippen LogP contribution in [0.15, 0.2) is 30.6 Å². The fraction of sp³-hybridized carbons (Fsp3) is 0.316. The van der Waals surface area contributed by atoms with E-state index in [4.69, 9.17) is 4.74 Å². The van der Waals surface area contributed by atoms with Gasteiger partial charge in [-0.1, -0.05) is 12.1 Å². The Morgan fingerprint density at radius 3 is 3.00 bits per heavy atom. The van der Waals surface area contributed by atoms with Gasteiger partial charge in [-0.2, -0.15) is 5.10 Å². The van der Waals surface area contributed by atoms with Crippen molar-refractivity contribution in [2.45, 2.75) is 25.6 Å². The Balaban J connectivity index is 1.84. The molecular weight excluding hydrogens is 378 g/mol. The maximum atomic E-state index is 12.3. The summed E-state index contributed by atoms with van der Waals surface area (Å²) < 4.78 is 6.55. The van der Waals surface area contributed by atoms with Crippen LogP contribution in [0.5, 0.6) is 0 Å². The number of rotatable bonds is 4. The summed E-state index contributed by atoms with van der Waals surface area (Å²) in [6.07, 6.45) is 3.32. The summed E-state index contributed by atoms with van der Waals surface area (Å²) in [5.41, 5.74) is 4.17. The van der Waals surface area contributed by atoms with E-state index in [0.717, 1.165) is 27.9 Å². The Hall–Kier alpha value is -2.94. The number of thioether (sulfide) groups is 1. The predicted molar refractivity (Wildman–Crippen MR) is 106 cm³/mol. The summed E-state index contributed by atoms with van der Waals surface area (Å²) in [6, 6.07) is 5.84. The highest BCUT2D eigenvalue weighted by atomic mass is 32.2. The summed E-state index contributed by atoms with van der Waals surface area (Å²) in [6.45, 7) is 3.86. The molecule has 28 heavy (non-hydrogen) atoms. The van der Waals surface area contributed by atoms with Crippen molar-refractivity contribution < 1.29 is 14.3 Å². The van der Waals surface area contributed by atoms with Gasteiger partial charge in [0.15, 0.2) is 0 Å². The van der Waals surface area contributed by atoms with Crippen molar-refractivity contribution >= 4 is 40.5 Å². The van der Waals surface area contributed by atoms with Gasteiger partial charge < -0.3 is 10.1 Å². The zero-order chi connectivity index (χ0) is 19.7. The Morgan fingerprint density at radius 2 is 2.18 bits per heavy atom. The van der Waals surface area contributed by atoms with Crippen molar-refractivity contribution in [3.8, 4) is 0 Å². The van der Waals surface area contributed by atoms with E-state index in [9.17, 15) is 9.59 Å². The van der Waals surface area contributed by atoms with E-state index in [0.29, 0.717) is 12.4 Å². The average Bonchev–Trinajstić information content (AvgIpc) is 2.86. The third-order valence-electron chi connectivity index (χ3n) is 4.47. The molecular formula is C19H19N5O3S. The van der Waals surface area contributed by atoms with Crippen LogP contribution in [0.3, 0.4) is 0 Å². The lowest BCUT2D eigenvalue weighted by atomic mass is 10.0. The SMILES string of the molecule is CCOC(=O)Cn1nc(C)c2c1NC(=O)CS[C@H]2c1cccc2nccnc12. The first-order valence-electron chi connectivity index (χ1n) is 8.92. The van der Waals surface area contributed by atoms with Gasteiger partial charge in [-0.25, -0.2) is 4.68 Å². The molecule has 3 heterocycles. The third-order valence-corrected chi connectivity index (χ3v) is 5.72. The number of carbonyl (C=O) groups is 2. The number of fused-ring (bicyclic) bond motifs is 2. The first-order chi connectivity index (χ1) is 13.6. The van der Waals surface area contributed by atoms with Crippen LogP contribution in [-0.4, -0.2) is 44.0 Å². The summed E-state index contributed by atoms with van der Waals surface area (Å²) in [7, 11) is 0. The lowest BCUT2D eigenvalue weighted by Crippen LogP contribution is -2.20. The quantitative estimate of drug-likeness (QED) is 0.675. The van der Waals surface area contributed by atoms with Crippen LogP contribution in [0.2, 0.25) is 0 Å². The number of anilines is 1. The van der Waals surface area contributed by atoms with Gasteiger partial charge in [0.1, 0.15) is 12.4 Å². The van der Waals surface area contributed by atoms with Crippen molar-refractivity contribution in [1.29, 1.82) is 0 Å². The number of hydrogen-bond acceptors (Lipinski definition) is 7. The highest BCUT2D eigenvalue weighted by Gasteiger charge is 2.31. The minimum Gasteiger partial charge on any atom is -0.465 e. The molecule has 144 valence electrons. The van der Waals surface area contributed by atoms with E-state index in [1.165, 1.54) is 16.4 Å². The molecule has 0 spiro atoms. The smallest absolute Gasteiger partial charge is 0.327 e. The molecule has 3 aromatic rings. The molecule has 9 heteroatoms. The summed E-state index contributed by atoms with van der Waals surface area (Å²) in [4.78, 5) is 33.2. The number of nitrogens with one attached hydrogen (secondary N) is 1. The van der Waals surface area contributed by atoms with Crippen molar-refractivity contribution in [1.82, 2.24) is 19.7 Å². The Morgan fingerprint density at radius 1 is 1.36 bits per heavy atom. The van der Waals surface area contributed by atoms with Crippen LogP contribution >= 0.6 is 11.8 Å². The topological polar surface area (TPSA) is 99.0 Å². The molecule has 1 aromatic carbocycles. The number of aromatic nitrogens is 4. The second kappa shape index (κ2) is 7.59. The van der Waals surface area contributed by atoms with E-state index >= 15 is 0 Å². The van der Waals surface area contributed by atoms with Gasteiger partial charge in [0.2, 0.25) is 5.91 Å². The minimum atomic E-state index is -0.397. The largest absolute Gasteiger partial charge is 0.465 e. The van der Waals surface area contributed by atoms with Gasteiger partial charge in [0.25, 0.3) is 0 Å². The summed E-state index contributed by atoms with van der Waals surface area (Å²) in [5.74, 6) is 0.289. The third kappa shape index (κ3) is 3.33. The normalized spacial score (nSPS) is 16.4. The fourth-order valence-corrected chi connectivity index (χ4v) is 4.58. The van der Waals surface area contributed by atoms with E-state index in [-0.39, 0.29) is 23.5 Å². The molecule has 2 aromatic heterocycles. The monoisotopic (exact) mass is 397 g/mol. The van der Waals surface area contributed by atoms with Gasteiger partial charge in [-0.15, -0.1) is 11.8 Å². The van der Waals surface area contributed by atoms with Gasteiger partial charge >= 0.3 is 5.97 Å². The summed E-state index contributed by atoms with van der Waals surface area (Å²) >= 11 is 1.51. The number of esters is 1. The Labute approximate surface area is 165 Å². The molecule has 1 aliphatic rings. The molecule has 8 nitrogen and oxygen atoms in total. The maximum absolute atomic E-state index is 12.3. The second-order valence-corrected chi connectivity index (χ2v) is 7.41. The number of hydrogen-bond donors (Lipinski definition) is 1. The molecule has 4 rings (SSSR count). The number of benzene rings is 1. The number of nitrogens with zero attached hydrogens (tertiary/aromatic N) is 4. The molecule has 0 fully saturated rings. The molecule has 0 aliphatic carbocycles. The van der Waals surface area contributed by atoms with Crippen LogP contribution in [-0.2, 0) is 20.9 Å². The van der Waals surface area contributed by atoms with E-state index < -0.39 is 5.97 Å². The number of para-hydroxylation sites is 1. The van der Waals surface area contributed by atoms with E-state index in [1.54, 1.807) is 19.3 Å². The van der Waals surface area contributed by atoms with Crippen LogP contribution < -0.4 is 5.32 Å². The summed E-state index contributed by atoms with van der Waals surface area (Å²) in [5, 5.41) is 7.24. The first kappa shape index (κ1) is 18.4. The first-order valence-corrected chi connectivity index (χ1v) is 9.97. The molecule has 0 bridgehead atoms. The second-order valence-electron chi connectivity index (χ2n) is 6.32. The number of carbonyl (C=O) groups excluding carboxylic acids is 2. The van der Waals surface area contributed by atoms with Crippen molar-refractivity contribution in [3.63, 3.8) is 0 Å². The number of aryl methyl sites for hydroxylation is 1. The minimum absolute atomic E-state index is 0.0585. The Bertz CT molecular complexity index is 1060. The van der Waals surface area contributed by atoms with Crippen molar-refractivity contribution in [2.75, 3.05) is 17.7 Å². The molecule has 1 amide bonds. The van der Waals surface area contributed by atoms with Gasteiger partial charge in [0.05, 0.1) is 34.3 Å². The fourth-order valence-electron chi connectivity index (χ4n) is 3.37. The predicted octanol–water partition coefficient (Wildman–Crippen LogP) is 2.47. The molecule has 0 radical (unpaired) electrons. The molecule has 1 atom stereocenters. The molecule has 0 unspecified atom stereocenters. The molecule has 1 N–H and O–H groups in total. The van der Waals surface area contributed by atoms with E-state index in [1.807, 2.05) is 25.1 Å². The maximum Gasteiger partial charge on any atom is 0.327 e. The molecule has 0 saturated heterocycles. The van der Waals surface area contributed by atoms with E-state index in [2.05, 4.69) is 20.4 Å². The van der Waals surface area contributed by atoms with Crippen LogP contribution in [0, 0.1) is 6.92 Å². The van der Waals surface area contributed by atoms with Crippen molar-refractivity contribution in [3.05, 3.63) is 47.4 Å². The van der Waals surface area contributed by atoms with Gasteiger partial charge in [0, 0.05) is 18.0 Å².